The van der Waals surface area contributed by atoms with Crippen LogP contribution in [-0.2, 0) is 11.3 Å². The van der Waals surface area contributed by atoms with Crippen molar-refractivity contribution in [3.05, 3.63) is 45.7 Å². The highest BCUT2D eigenvalue weighted by Crippen LogP contribution is 2.11. The van der Waals surface area contributed by atoms with Gasteiger partial charge in [-0.25, -0.2) is 0 Å². The second-order valence-electron chi connectivity index (χ2n) is 3.45. The lowest BCUT2D eigenvalue weighted by Gasteiger charge is -1.99. The Morgan fingerprint density at radius 1 is 1.47 bits per heavy atom. The Balaban J connectivity index is 0. The number of hydrogen-bond donors (Lipinski definition) is 2. The largest absolute Gasteiger partial charge is 0.674 e. The van der Waals surface area contributed by atoms with E-state index in [-0.39, 0.29) is 24.6 Å². The number of carboxylic acids is 1. The van der Waals surface area contributed by atoms with Crippen molar-refractivity contribution in [1.82, 2.24) is 5.32 Å². The van der Waals surface area contributed by atoms with Gasteiger partial charge < -0.3 is 16.2 Å². The van der Waals surface area contributed by atoms with Crippen LogP contribution in [0, 0.1) is 10.1 Å². The van der Waals surface area contributed by atoms with Gasteiger partial charge >= 0.3 is 5.97 Å². The third-order valence-corrected chi connectivity index (χ3v) is 2.15. The molecule has 0 heterocycles. The maximum atomic E-state index is 10.2. The second kappa shape index (κ2) is 10.2. The van der Waals surface area contributed by atoms with Crippen LogP contribution in [-0.4, -0.2) is 29.1 Å². The number of aliphatic carboxylic acids is 1. The first-order valence-electron chi connectivity index (χ1n) is 5.20. The molecule has 0 spiro atoms. The van der Waals surface area contributed by atoms with Crippen LogP contribution in [0.1, 0.15) is 12.5 Å². The molecule has 1 rings (SSSR count). The molecule has 3 N–H and O–H groups in total. The Labute approximate surface area is 117 Å². The van der Waals surface area contributed by atoms with Crippen LogP contribution in [0.25, 0.3) is 5.73 Å². The van der Waals surface area contributed by atoms with Gasteiger partial charge in [0.05, 0.1) is 4.92 Å². The number of hydrogen-bond acceptors (Lipinski definition) is 4. The number of carboxylic acid groups (broad SMARTS) is 1. The maximum absolute atomic E-state index is 10.2. The van der Waals surface area contributed by atoms with Gasteiger partial charge in [-0.3, -0.25) is 14.9 Å². The molecule has 1 aromatic carbocycles. The molecular formula is C11H17ClN3O4-. The van der Waals surface area contributed by atoms with Crippen molar-refractivity contribution in [2.45, 2.75) is 19.5 Å². The van der Waals surface area contributed by atoms with Gasteiger partial charge in [0.25, 0.3) is 5.69 Å². The zero-order chi connectivity index (χ0) is 14.1. The van der Waals surface area contributed by atoms with Crippen LogP contribution in [0.5, 0.6) is 0 Å². The van der Waals surface area contributed by atoms with Gasteiger partial charge in [-0.15, -0.1) is 19.0 Å². The normalized spacial score (nSPS) is 10.5. The zero-order valence-electron chi connectivity index (χ0n) is 10.6. The Morgan fingerprint density at radius 2 is 1.95 bits per heavy atom. The van der Waals surface area contributed by atoms with Crippen LogP contribution in [0.3, 0.4) is 0 Å². The summed E-state index contributed by atoms with van der Waals surface area (Å²) in [6, 6.07) is 5.56. The highest BCUT2D eigenvalue weighted by molar-refractivity contribution is 5.85. The van der Waals surface area contributed by atoms with Crippen molar-refractivity contribution < 1.29 is 14.8 Å². The predicted molar refractivity (Wildman–Crippen MR) is 74.5 cm³/mol. The van der Waals surface area contributed by atoms with Gasteiger partial charge in [0.2, 0.25) is 0 Å². The fraction of sp³-hybridized carbons (Fsp3) is 0.364. The van der Waals surface area contributed by atoms with Crippen LogP contribution >= 0.6 is 12.4 Å². The second-order valence-corrected chi connectivity index (χ2v) is 3.45. The highest BCUT2D eigenvalue weighted by Gasteiger charge is 2.04. The molecule has 0 saturated heterocycles. The minimum Gasteiger partial charge on any atom is -0.674 e. The topological polar surface area (TPSA) is 116 Å². The molecule has 0 aliphatic rings. The molecule has 1 aromatic rings. The number of nitrogens with one attached hydrogen (secondary N) is 2. The summed E-state index contributed by atoms with van der Waals surface area (Å²) in [6.07, 6.45) is 0. The number of nitro groups is 1. The number of carbonyl (C=O) groups is 1. The minimum atomic E-state index is -0.817. The number of non-ortho nitro benzene ring substituents is 1. The van der Waals surface area contributed by atoms with Crippen molar-refractivity contribution >= 4 is 24.1 Å². The molecule has 0 aliphatic heterocycles. The molecule has 0 amide bonds. The molecule has 19 heavy (non-hydrogen) atoms. The fourth-order valence-electron chi connectivity index (χ4n) is 0.859. The lowest BCUT2D eigenvalue weighted by atomic mass is 10.2. The van der Waals surface area contributed by atoms with Crippen molar-refractivity contribution in [3.63, 3.8) is 0 Å². The van der Waals surface area contributed by atoms with E-state index in [0.29, 0.717) is 0 Å². The van der Waals surface area contributed by atoms with E-state index in [9.17, 15) is 14.9 Å². The summed E-state index contributed by atoms with van der Waals surface area (Å²) in [5.74, 6) is -0.817. The summed E-state index contributed by atoms with van der Waals surface area (Å²) in [6.45, 7) is 1.75. The Bertz CT molecular complexity index is 397. The molecule has 0 aromatic heterocycles. The zero-order valence-corrected chi connectivity index (χ0v) is 11.4. The van der Waals surface area contributed by atoms with Crippen molar-refractivity contribution in [3.8, 4) is 0 Å². The van der Waals surface area contributed by atoms with Crippen LogP contribution in [0.4, 0.5) is 5.69 Å². The average molecular weight is 291 g/mol. The van der Waals surface area contributed by atoms with E-state index in [2.05, 4.69) is 5.32 Å². The van der Waals surface area contributed by atoms with Gasteiger partial charge in [-0.05, 0) is 14.0 Å². The molecule has 0 bridgehead atoms. The lowest BCUT2D eigenvalue weighted by Crippen LogP contribution is -2.29. The van der Waals surface area contributed by atoms with Crippen molar-refractivity contribution in [1.29, 1.82) is 0 Å². The first-order chi connectivity index (χ1) is 8.42. The van der Waals surface area contributed by atoms with Crippen LogP contribution in [0.2, 0.25) is 0 Å². The van der Waals surface area contributed by atoms with E-state index in [0.717, 1.165) is 5.56 Å². The van der Waals surface area contributed by atoms with E-state index in [1.807, 2.05) is 0 Å². The number of nitro benzene ring substituents is 1. The van der Waals surface area contributed by atoms with E-state index >= 15 is 0 Å². The van der Waals surface area contributed by atoms with Gasteiger partial charge in [-0.1, -0.05) is 17.7 Å². The Hall–Kier alpha value is -1.70. The van der Waals surface area contributed by atoms with Crippen molar-refractivity contribution in [2.24, 2.45) is 0 Å². The predicted octanol–water partition coefficient (Wildman–Crippen LogP) is 2.25. The number of nitrogens with zero attached hydrogens (tertiary/aromatic N) is 1. The summed E-state index contributed by atoms with van der Waals surface area (Å²) < 4.78 is 0. The monoisotopic (exact) mass is 290 g/mol. The highest BCUT2D eigenvalue weighted by atomic mass is 35.5. The molecule has 108 valence electrons. The molecule has 7 nitrogen and oxygen atoms in total. The third kappa shape index (κ3) is 8.09. The SMILES string of the molecule is CN[C@@H](C)C(=O)O.Cl.[NH-]Cc1ccc([N+](=O)[O-])cc1. The van der Waals surface area contributed by atoms with E-state index in [1.165, 1.54) is 12.1 Å². The average Bonchev–Trinajstić information content (AvgIpc) is 2.38. The van der Waals surface area contributed by atoms with Crippen molar-refractivity contribution in [2.75, 3.05) is 7.05 Å². The molecular weight excluding hydrogens is 274 g/mol. The number of likely N-dealkylation sites (N-methyl/N-ethyl adjacent to an activating group) is 1. The molecule has 0 fully saturated rings. The number of halogens is 1. The lowest BCUT2D eigenvalue weighted by molar-refractivity contribution is -0.384. The molecule has 8 heteroatoms. The molecule has 0 unspecified atom stereocenters. The van der Waals surface area contributed by atoms with Crippen LogP contribution in [0.15, 0.2) is 24.3 Å². The summed E-state index contributed by atoms with van der Waals surface area (Å²) >= 11 is 0. The maximum Gasteiger partial charge on any atom is 0.320 e. The minimum absolute atomic E-state index is 0. The van der Waals surface area contributed by atoms with Gasteiger partial charge in [0.1, 0.15) is 6.04 Å². The summed E-state index contributed by atoms with van der Waals surface area (Å²) in [5.41, 5.74) is 7.81. The fourth-order valence-corrected chi connectivity index (χ4v) is 0.859. The summed E-state index contributed by atoms with van der Waals surface area (Å²) in [5, 5.41) is 20.8. The quantitative estimate of drug-likeness (QED) is 0.651. The van der Waals surface area contributed by atoms with E-state index in [4.69, 9.17) is 10.8 Å². The molecule has 0 saturated carbocycles. The van der Waals surface area contributed by atoms with Gasteiger partial charge in [-0.2, -0.15) is 0 Å². The Kier molecular flexibility index (Phi) is 10.6. The standard InChI is InChI=1S/C7H7N2O2.C4H9NO2.ClH/c8-5-6-1-3-7(4-2-6)9(10)11;1-3(5-2)4(6)7;/h1-4,8H,5H2;3,5H,1-2H3,(H,6,7);1H/q-1;;/t;3-;/m.0./s1. The smallest absolute Gasteiger partial charge is 0.320 e. The number of benzene rings is 1. The van der Waals surface area contributed by atoms with Crippen LogP contribution < -0.4 is 5.32 Å². The van der Waals surface area contributed by atoms with E-state index in [1.54, 1.807) is 26.1 Å². The summed E-state index contributed by atoms with van der Waals surface area (Å²) in [4.78, 5) is 19.6. The van der Waals surface area contributed by atoms with Gasteiger partial charge in [0, 0.05) is 12.1 Å². The Morgan fingerprint density at radius 3 is 2.16 bits per heavy atom. The molecule has 0 aliphatic carbocycles. The first-order valence-corrected chi connectivity index (χ1v) is 5.20. The molecule has 0 radical (unpaired) electrons. The van der Waals surface area contributed by atoms with Gasteiger partial charge in [0.15, 0.2) is 0 Å². The first kappa shape index (κ1) is 19.6. The molecule has 1 atom stereocenters. The number of rotatable bonds is 4. The summed E-state index contributed by atoms with van der Waals surface area (Å²) in [7, 11) is 1.61. The van der Waals surface area contributed by atoms with E-state index < -0.39 is 16.9 Å². The third-order valence-electron chi connectivity index (χ3n) is 2.15.